The van der Waals surface area contributed by atoms with Crippen molar-refractivity contribution in [1.29, 1.82) is 0 Å². The maximum absolute atomic E-state index is 10.4. The number of amides is 1. The number of hydrogen-bond donors (Lipinski definition) is 2. The molecule has 66 valence electrons. The van der Waals surface area contributed by atoms with Gasteiger partial charge in [-0.25, -0.2) is 0 Å². The molecule has 2 atom stereocenters. The van der Waals surface area contributed by atoms with Crippen molar-refractivity contribution < 1.29 is 9.90 Å². The number of carbonyl (C=O) groups excluding carboxylic acids is 1. The lowest BCUT2D eigenvalue weighted by atomic mass is 10.0. The van der Waals surface area contributed by atoms with Crippen molar-refractivity contribution >= 4 is 5.91 Å². The molecule has 2 N–H and O–H groups in total. The van der Waals surface area contributed by atoms with Crippen LogP contribution in [0.15, 0.2) is 0 Å². The first-order chi connectivity index (χ1) is 5.07. The van der Waals surface area contributed by atoms with Crippen LogP contribution in [0.3, 0.4) is 0 Å². The first-order valence-electron chi connectivity index (χ1n) is 4.00. The van der Waals surface area contributed by atoms with Gasteiger partial charge in [0.1, 0.15) is 0 Å². The summed E-state index contributed by atoms with van der Waals surface area (Å²) in [5, 5.41) is 11.9. The molecule has 3 heteroatoms. The third-order valence-electron chi connectivity index (χ3n) is 1.86. The zero-order valence-electron chi connectivity index (χ0n) is 7.42. The molecule has 0 bridgehead atoms. The summed E-state index contributed by atoms with van der Waals surface area (Å²) in [6, 6.07) is 0. The first-order valence-corrected chi connectivity index (χ1v) is 4.00. The third-order valence-corrected chi connectivity index (χ3v) is 1.86. The highest BCUT2D eigenvalue weighted by Crippen LogP contribution is 2.05. The molecule has 0 aliphatic rings. The first kappa shape index (κ1) is 10.4. The fraction of sp³-hybridized carbons (Fsp3) is 0.875. The molecule has 3 nitrogen and oxygen atoms in total. The maximum atomic E-state index is 10.4. The quantitative estimate of drug-likeness (QED) is 0.628. The second kappa shape index (κ2) is 5.13. The Bertz CT molecular complexity index is 125. The minimum absolute atomic E-state index is 0.0904. The van der Waals surface area contributed by atoms with Gasteiger partial charge < -0.3 is 10.4 Å². The zero-order valence-corrected chi connectivity index (χ0v) is 7.42. The number of aliphatic hydroxyl groups excluding tert-OH is 1. The van der Waals surface area contributed by atoms with Gasteiger partial charge in [-0.05, 0) is 5.92 Å². The van der Waals surface area contributed by atoms with E-state index in [1.807, 2.05) is 13.8 Å². The molecule has 0 saturated heterocycles. The van der Waals surface area contributed by atoms with Crippen LogP contribution >= 0.6 is 0 Å². The molecular weight excluding hydrogens is 142 g/mol. The Morgan fingerprint density at radius 3 is 2.55 bits per heavy atom. The summed E-state index contributed by atoms with van der Waals surface area (Å²) in [5.41, 5.74) is 0. The van der Waals surface area contributed by atoms with Crippen LogP contribution in [0.5, 0.6) is 0 Å². The molecule has 1 amide bonds. The minimum Gasteiger partial charge on any atom is -0.391 e. The van der Waals surface area contributed by atoms with Crippen LogP contribution in [0.2, 0.25) is 0 Å². The Morgan fingerprint density at radius 2 is 2.18 bits per heavy atom. The van der Waals surface area contributed by atoms with Crippen molar-refractivity contribution in [2.24, 2.45) is 5.92 Å². The molecule has 0 aliphatic heterocycles. The van der Waals surface area contributed by atoms with Gasteiger partial charge in [-0.15, -0.1) is 0 Å². The Hall–Kier alpha value is -0.570. The SMILES string of the molecule is CCC(C)C(O)CNC(C)=O. The Balaban J connectivity index is 3.51. The molecule has 0 heterocycles. The molecule has 0 aliphatic carbocycles. The third kappa shape index (κ3) is 4.79. The maximum Gasteiger partial charge on any atom is 0.216 e. The summed E-state index contributed by atoms with van der Waals surface area (Å²) in [5.74, 6) is 0.161. The van der Waals surface area contributed by atoms with Gasteiger partial charge in [0.2, 0.25) is 5.91 Å². The molecule has 0 fully saturated rings. The summed E-state index contributed by atoms with van der Waals surface area (Å²) >= 11 is 0. The normalized spacial score (nSPS) is 15.6. The Labute approximate surface area is 67.8 Å². The molecule has 0 radical (unpaired) electrons. The summed E-state index contributed by atoms with van der Waals surface area (Å²) in [6.07, 6.45) is 0.518. The summed E-state index contributed by atoms with van der Waals surface area (Å²) in [4.78, 5) is 10.4. The molecular formula is C8H17NO2. The Kier molecular flexibility index (Phi) is 4.86. The Morgan fingerprint density at radius 1 is 1.64 bits per heavy atom. The molecule has 0 saturated carbocycles. The summed E-state index contributed by atoms with van der Waals surface area (Å²) in [7, 11) is 0. The average Bonchev–Trinajstić information content (AvgIpc) is 1.98. The standard InChI is InChI=1S/C8H17NO2/c1-4-6(2)8(11)5-9-7(3)10/h6,8,11H,4-5H2,1-3H3,(H,9,10). The summed E-state index contributed by atoms with van der Waals surface area (Å²) < 4.78 is 0. The lowest BCUT2D eigenvalue weighted by Gasteiger charge is -2.16. The van der Waals surface area contributed by atoms with Gasteiger partial charge in [-0.3, -0.25) is 4.79 Å². The van der Waals surface area contributed by atoms with E-state index in [0.717, 1.165) is 6.42 Å². The van der Waals surface area contributed by atoms with Crippen molar-refractivity contribution in [2.75, 3.05) is 6.54 Å². The van der Waals surface area contributed by atoms with Crippen LogP contribution in [-0.4, -0.2) is 23.7 Å². The van der Waals surface area contributed by atoms with Gasteiger partial charge in [-0.1, -0.05) is 20.3 Å². The van der Waals surface area contributed by atoms with Crippen LogP contribution < -0.4 is 5.32 Å². The number of nitrogens with one attached hydrogen (secondary N) is 1. The van der Waals surface area contributed by atoms with Crippen LogP contribution in [0.1, 0.15) is 27.2 Å². The lowest BCUT2D eigenvalue weighted by Crippen LogP contribution is -2.33. The molecule has 0 aromatic rings. The van der Waals surface area contributed by atoms with Gasteiger partial charge in [0, 0.05) is 13.5 Å². The second-order valence-corrected chi connectivity index (χ2v) is 2.89. The number of hydrogen-bond acceptors (Lipinski definition) is 2. The van der Waals surface area contributed by atoms with Crippen molar-refractivity contribution in [3.05, 3.63) is 0 Å². The predicted molar refractivity (Wildman–Crippen MR) is 44.1 cm³/mol. The van der Waals surface area contributed by atoms with Crippen molar-refractivity contribution in [2.45, 2.75) is 33.3 Å². The van der Waals surface area contributed by atoms with Crippen molar-refractivity contribution in [3.8, 4) is 0 Å². The fourth-order valence-electron chi connectivity index (χ4n) is 0.722. The van der Waals surface area contributed by atoms with E-state index in [-0.39, 0.29) is 11.8 Å². The molecule has 0 spiro atoms. The van der Waals surface area contributed by atoms with Gasteiger partial charge in [-0.2, -0.15) is 0 Å². The molecule has 11 heavy (non-hydrogen) atoms. The average molecular weight is 159 g/mol. The monoisotopic (exact) mass is 159 g/mol. The van der Waals surface area contributed by atoms with Crippen LogP contribution in [0.25, 0.3) is 0 Å². The molecule has 0 aromatic carbocycles. The predicted octanol–water partition coefficient (Wildman–Crippen LogP) is 0.529. The van der Waals surface area contributed by atoms with E-state index >= 15 is 0 Å². The molecule has 0 aromatic heterocycles. The highest BCUT2D eigenvalue weighted by Gasteiger charge is 2.11. The fourth-order valence-corrected chi connectivity index (χ4v) is 0.722. The molecule has 0 rings (SSSR count). The second-order valence-electron chi connectivity index (χ2n) is 2.89. The van der Waals surface area contributed by atoms with Crippen LogP contribution in [-0.2, 0) is 4.79 Å². The zero-order chi connectivity index (χ0) is 8.85. The number of carbonyl (C=O) groups is 1. The molecule has 2 unspecified atom stereocenters. The van der Waals surface area contributed by atoms with Crippen LogP contribution in [0, 0.1) is 5.92 Å². The van der Waals surface area contributed by atoms with E-state index < -0.39 is 6.10 Å². The van der Waals surface area contributed by atoms with Gasteiger partial charge in [0.25, 0.3) is 0 Å². The minimum atomic E-state index is -0.413. The topological polar surface area (TPSA) is 49.3 Å². The van der Waals surface area contributed by atoms with Gasteiger partial charge >= 0.3 is 0 Å². The summed E-state index contributed by atoms with van der Waals surface area (Å²) in [6.45, 7) is 5.79. The highest BCUT2D eigenvalue weighted by atomic mass is 16.3. The van der Waals surface area contributed by atoms with E-state index in [9.17, 15) is 9.90 Å². The lowest BCUT2D eigenvalue weighted by molar-refractivity contribution is -0.119. The largest absolute Gasteiger partial charge is 0.391 e. The van der Waals surface area contributed by atoms with Crippen LogP contribution in [0.4, 0.5) is 0 Å². The van der Waals surface area contributed by atoms with Gasteiger partial charge in [0.15, 0.2) is 0 Å². The highest BCUT2D eigenvalue weighted by molar-refractivity contribution is 5.72. The van der Waals surface area contributed by atoms with E-state index in [2.05, 4.69) is 5.32 Å². The van der Waals surface area contributed by atoms with E-state index in [1.54, 1.807) is 0 Å². The van der Waals surface area contributed by atoms with E-state index in [1.165, 1.54) is 6.92 Å². The van der Waals surface area contributed by atoms with E-state index in [4.69, 9.17) is 0 Å². The number of aliphatic hydroxyl groups is 1. The number of rotatable bonds is 4. The van der Waals surface area contributed by atoms with Crippen molar-refractivity contribution in [1.82, 2.24) is 5.32 Å². The smallest absolute Gasteiger partial charge is 0.216 e. The van der Waals surface area contributed by atoms with E-state index in [0.29, 0.717) is 6.54 Å². The van der Waals surface area contributed by atoms with Gasteiger partial charge in [0.05, 0.1) is 6.10 Å². The van der Waals surface area contributed by atoms with Crippen molar-refractivity contribution in [3.63, 3.8) is 0 Å².